The quantitative estimate of drug-likeness (QED) is 0.914. The van der Waals surface area contributed by atoms with Gasteiger partial charge in [-0.3, -0.25) is 9.59 Å². The number of rotatable bonds is 4. The number of carboxylic acid groups (broad SMARTS) is 1. The average Bonchev–Trinajstić information content (AvgIpc) is 2.93. The second-order valence-electron chi connectivity index (χ2n) is 6.00. The first-order chi connectivity index (χ1) is 11.1. The fourth-order valence-corrected chi connectivity index (χ4v) is 2.96. The molecule has 23 heavy (non-hydrogen) atoms. The monoisotopic (exact) mass is 319 g/mol. The predicted molar refractivity (Wildman–Crippen MR) is 82.7 cm³/mol. The van der Waals surface area contributed by atoms with Crippen molar-refractivity contribution >= 4 is 11.9 Å². The van der Waals surface area contributed by atoms with Crippen molar-refractivity contribution in [2.75, 3.05) is 26.3 Å². The van der Waals surface area contributed by atoms with E-state index in [1.807, 2.05) is 18.2 Å². The molecule has 3 rings (SSSR count). The highest BCUT2D eigenvalue weighted by molar-refractivity contribution is 5.79. The Morgan fingerprint density at radius 3 is 2.74 bits per heavy atom. The Morgan fingerprint density at radius 1 is 1.22 bits per heavy atom. The third kappa shape index (κ3) is 3.75. The van der Waals surface area contributed by atoms with Crippen LogP contribution in [0.4, 0.5) is 0 Å². The van der Waals surface area contributed by atoms with Crippen LogP contribution in [0.3, 0.4) is 0 Å². The van der Waals surface area contributed by atoms with Gasteiger partial charge in [-0.15, -0.1) is 0 Å². The van der Waals surface area contributed by atoms with Crippen LogP contribution in [0.15, 0.2) is 18.2 Å². The van der Waals surface area contributed by atoms with Crippen LogP contribution in [0.25, 0.3) is 0 Å². The summed E-state index contributed by atoms with van der Waals surface area (Å²) in [5.74, 6) is 0.266. The molecule has 2 aliphatic heterocycles. The lowest BCUT2D eigenvalue weighted by molar-refractivity contribution is -0.141. The number of likely N-dealkylation sites (tertiary alicyclic amines) is 1. The van der Waals surface area contributed by atoms with Crippen LogP contribution >= 0.6 is 0 Å². The molecule has 0 spiro atoms. The van der Waals surface area contributed by atoms with Crippen LogP contribution in [0.1, 0.15) is 24.8 Å². The number of amides is 1. The number of hydrogen-bond acceptors (Lipinski definition) is 4. The lowest BCUT2D eigenvalue weighted by Crippen LogP contribution is -2.30. The van der Waals surface area contributed by atoms with Gasteiger partial charge in [-0.2, -0.15) is 0 Å². The Labute approximate surface area is 135 Å². The van der Waals surface area contributed by atoms with Gasteiger partial charge in [0.25, 0.3) is 0 Å². The molecule has 1 atom stereocenters. The fraction of sp³-hybridized carbons (Fsp3) is 0.529. The predicted octanol–water partition coefficient (Wildman–Crippen LogP) is 1.71. The maximum Gasteiger partial charge on any atom is 0.308 e. The Bertz CT molecular complexity index is 601. The summed E-state index contributed by atoms with van der Waals surface area (Å²) in [7, 11) is 0. The minimum Gasteiger partial charge on any atom is -0.490 e. The molecule has 0 unspecified atom stereocenters. The molecule has 124 valence electrons. The lowest BCUT2D eigenvalue weighted by atomic mass is 10.1. The van der Waals surface area contributed by atoms with Crippen molar-refractivity contribution in [3.8, 4) is 11.5 Å². The van der Waals surface area contributed by atoms with Crippen molar-refractivity contribution in [1.82, 2.24) is 4.90 Å². The number of nitrogens with zero attached hydrogens (tertiary/aromatic N) is 1. The summed E-state index contributed by atoms with van der Waals surface area (Å²) in [6, 6.07) is 5.76. The van der Waals surface area contributed by atoms with Crippen LogP contribution < -0.4 is 9.47 Å². The highest BCUT2D eigenvalue weighted by Crippen LogP contribution is 2.30. The van der Waals surface area contributed by atoms with Crippen molar-refractivity contribution < 1.29 is 24.2 Å². The van der Waals surface area contributed by atoms with Gasteiger partial charge in [0.05, 0.1) is 19.1 Å². The second kappa shape index (κ2) is 6.89. The van der Waals surface area contributed by atoms with Gasteiger partial charge in [0, 0.05) is 25.9 Å². The molecule has 1 amide bonds. The Balaban J connectivity index is 1.55. The van der Waals surface area contributed by atoms with Crippen molar-refractivity contribution in [2.45, 2.75) is 25.7 Å². The number of carbonyl (C=O) groups is 2. The van der Waals surface area contributed by atoms with Gasteiger partial charge in [0.15, 0.2) is 11.5 Å². The molecule has 6 heteroatoms. The standard InChI is InChI=1S/C17H21NO5/c19-16(18-7-6-13(11-18)17(20)21)5-3-12-2-4-14-15(10-12)23-9-1-8-22-14/h2,4,10,13H,1,3,5-9,11H2,(H,20,21)/t13-/m0/s1. The summed E-state index contributed by atoms with van der Waals surface area (Å²) in [5.41, 5.74) is 1.02. The Morgan fingerprint density at radius 2 is 2.00 bits per heavy atom. The minimum atomic E-state index is -0.816. The van der Waals surface area contributed by atoms with Crippen LogP contribution in [0.2, 0.25) is 0 Å². The largest absolute Gasteiger partial charge is 0.490 e. The lowest BCUT2D eigenvalue weighted by Gasteiger charge is -2.16. The van der Waals surface area contributed by atoms with E-state index in [0.29, 0.717) is 45.6 Å². The Kier molecular flexibility index (Phi) is 4.69. The van der Waals surface area contributed by atoms with Crippen LogP contribution in [0, 0.1) is 5.92 Å². The summed E-state index contributed by atoms with van der Waals surface area (Å²) in [4.78, 5) is 24.8. The van der Waals surface area contributed by atoms with E-state index in [1.165, 1.54) is 0 Å². The number of fused-ring (bicyclic) bond motifs is 1. The summed E-state index contributed by atoms with van der Waals surface area (Å²) < 4.78 is 11.2. The molecule has 2 aliphatic rings. The second-order valence-corrected chi connectivity index (χ2v) is 6.00. The van der Waals surface area contributed by atoms with Gasteiger partial charge < -0.3 is 19.5 Å². The zero-order valence-corrected chi connectivity index (χ0v) is 13.0. The number of carbonyl (C=O) groups excluding carboxylic acids is 1. The van der Waals surface area contributed by atoms with E-state index < -0.39 is 11.9 Å². The average molecular weight is 319 g/mol. The molecule has 1 fully saturated rings. The van der Waals surface area contributed by atoms with E-state index in [2.05, 4.69) is 0 Å². The van der Waals surface area contributed by atoms with E-state index in [1.54, 1.807) is 4.90 Å². The third-order valence-electron chi connectivity index (χ3n) is 4.33. The summed E-state index contributed by atoms with van der Waals surface area (Å²) in [5, 5.41) is 8.99. The van der Waals surface area contributed by atoms with E-state index in [0.717, 1.165) is 23.5 Å². The zero-order valence-electron chi connectivity index (χ0n) is 13.0. The van der Waals surface area contributed by atoms with E-state index in [4.69, 9.17) is 14.6 Å². The first kappa shape index (κ1) is 15.6. The van der Waals surface area contributed by atoms with E-state index >= 15 is 0 Å². The van der Waals surface area contributed by atoms with Crippen molar-refractivity contribution in [3.05, 3.63) is 23.8 Å². The molecule has 0 radical (unpaired) electrons. The normalized spacial score (nSPS) is 20.2. The molecular formula is C17H21NO5. The molecule has 0 saturated carbocycles. The van der Waals surface area contributed by atoms with E-state index in [9.17, 15) is 9.59 Å². The van der Waals surface area contributed by atoms with E-state index in [-0.39, 0.29) is 5.91 Å². The Hall–Kier alpha value is -2.24. The third-order valence-corrected chi connectivity index (χ3v) is 4.33. The van der Waals surface area contributed by atoms with Gasteiger partial charge in [-0.05, 0) is 30.5 Å². The molecule has 1 aromatic carbocycles. The maximum atomic E-state index is 12.2. The SMILES string of the molecule is O=C(O)[C@H]1CCN(C(=O)CCc2ccc3c(c2)OCCCO3)C1. The van der Waals surface area contributed by atoms with Gasteiger partial charge in [0.2, 0.25) is 5.91 Å². The number of benzene rings is 1. The van der Waals surface area contributed by atoms with Gasteiger partial charge in [-0.25, -0.2) is 0 Å². The van der Waals surface area contributed by atoms with Crippen molar-refractivity contribution in [3.63, 3.8) is 0 Å². The van der Waals surface area contributed by atoms with Crippen molar-refractivity contribution in [1.29, 1.82) is 0 Å². The van der Waals surface area contributed by atoms with Crippen LogP contribution in [-0.2, 0) is 16.0 Å². The smallest absolute Gasteiger partial charge is 0.308 e. The molecular weight excluding hydrogens is 298 g/mol. The number of aryl methyl sites for hydroxylation is 1. The van der Waals surface area contributed by atoms with Gasteiger partial charge in [-0.1, -0.05) is 6.07 Å². The zero-order chi connectivity index (χ0) is 16.2. The van der Waals surface area contributed by atoms with Crippen LogP contribution in [-0.4, -0.2) is 48.2 Å². The molecule has 1 N–H and O–H groups in total. The van der Waals surface area contributed by atoms with Gasteiger partial charge >= 0.3 is 5.97 Å². The molecule has 0 bridgehead atoms. The highest BCUT2D eigenvalue weighted by Gasteiger charge is 2.30. The van der Waals surface area contributed by atoms with Gasteiger partial charge in [0.1, 0.15) is 0 Å². The molecule has 2 heterocycles. The first-order valence-electron chi connectivity index (χ1n) is 8.02. The number of ether oxygens (including phenoxy) is 2. The maximum absolute atomic E-state index is 12.2. The number of hydrogen-bond donors (Lipinski definition) is 1. The minimum absolute atomic E-state index is 0.0147. The molecule has 1 aromatic rings. The highest BCUT2D eigenvalue weighted by atomic mass is 16.5. The molecule has 0 aliphatic carbocycles. The summed E-state index contributed by atoms with van der Waals surface area (Å²) >= 11 is 0. The summed E-state index contributed by atoms with van der Waals surface area (Å²) in [6.07, 6.45) is 2.41. The number of aliphatic carboxylic acids is 1. The number of carboxylic acids is 1. The molecule has 6 nitrogen and oxygen atoms in total. The first-order valence-corrected chi connectivity index (χ1v) is 8.02. The summed E-state index contributed by atoms with van der Waals surface area (Å²) in [6.45, 7) is 2.16. The van der Waals surface area contributed by atoms with Crippen molar-refractivity contribution in [2.24, 2.45) is 5.92 Å². The van der Waals surface area contributed by atoms with Crippen LogP contribution in [0.5, 0.6) is 11.5 Å². The fourth-order valence-electron chi connectivity index (χ4n) is 2.96. The topological polar surface area (TPSA) is 76.1 Å². The molecule has 0 aromatic heterocycles. The molecule has 1 saturated heterocycles.